The molecule has 0 saturated heterocycles. The fourth-order valence-corrected chi connectivity index (χ4v) is 3.97. The number of carboxylic acids is 1. The van der Waals surface area contributed by atoms with Crippen LogP contribution in [0.4, 0.5) is 4.39 Å². The summed E-state index contributed by atoms with van der Waals surface area (Å²) in [6.45, 7) is -0.893. The minimum absolute atomic E-state index is 0.272. The van der Waals surface area contributed by atoms with E-state index in [-0.39, 0.29) is 11.8 Å². The molecule has 2 N–H and O–H groups in total. The molecule has 2 rings (SSSR count). The van der Waals surface area contributed by atoms with Gasteiger partial charge >= 0.3 is 5.97 Å². The van der Waals surface area contributed by atoms with Gasteiger partial charge < -0.3 is 10.2 Å². The maximum absolute atomic E-state index is 13.4. The van der Waals surface area contributed by atoms with Gasteiger partial charge in [-0.3, -0.25) is 4.79 Å². The molecule has 0 amide bonds. The molecule has 1 fully saturated rings. The Morgan fingerprint density at radius 3 is 2.58 bits per heavy atom. The largest absolute Gasteiger partial charge is 0.481 e. The highest BCUT2D eigenvalue weighted by Gasteiger charge is 2.43. The third kappa shape index (κ3) is 2.98. The van der Waals surface area contributed by atoms with Gasteiger partial charge in [-0.1, -0.05) is 0 Å². The van der Waals surface area contributed by atoms with Gasteiger partial charge in [0.15, 0.2) is 0 Å². The third-order valence-electron chi connectivity index (χ3n) is 3.80. The number of alkyl halides is 1. The molecule has 1 aromatic rings. The molecule has 1 aliphatic carbocycles. The van der Waals surface area contributed by atoms with Gasteiger partial charge in [-0.05, 0) is 47.5 Å². The quantitative estimate of drug-likeness (QED) is 0.874. The van der Waals surface area contributed by atoms with E-state index in [1.54, 1.807) is 6.20 Å². The van der Waals surface area contributed by atoms with E-state index in [9.17, 15) is 14.3 Å². The summed E-state index contributed by atoms with van der Waals surface area (Å²) in [5.74, 6) is -1.45. The predicted molar refractivity (Wildman–Crippen MR) is 72.8 cm³/mol. The van der Waals surface area contributed by atoms with E-state index in [0.717, 1.165) is 3.79 Å². The molecule has 7 heteroatoms. The van der Waals surface area contributed by atoms with Gasteiger partial charge in [-0.2, -0.15) is 0 Å². The minimum Gasteiger partial charge on any atom is -0.481 e. The standard InChI is InChI=1S/C12H15BrFNO3S/c13-9-5-15-11(19-9)12(18,6-14)8-3-1-7(2-4-8)10(16)17/h5,7-8,18H,1-4,6H2,(H,16,17)/t7?,8?,12-/m1/s1. The summed E-state index contributed by atoms with van der Waals surface area (Å²) in [6.07, 6.45) is 3.52. The summed E-state index contributed by atoms with van der Waals surface area (Å²) in [4.78, 5) is 15.0. The lowest BCUT2D eigenvalue weighted by atomic mass is 9.74. The first-order chi connectivity index (χ1) is 8.97. The molecular formula is C12H15BrFNO3S. The lowest BCUT2D eigenvalue weighted by Gasteiger charge is -2.36. The summed E-state index contributed by atoms with van der Waals surface area (Å²) in [6, 6.07) is 0. The Morgan fingerprint density at radius 1 is 1.53 bits per heavy atom. The molecule has 1 aromatic heterocycles. The predicted octanol–water partition coefficient (Wildman–Crippen LogP) is 2.95. The second-order valence-electron chi connectivity index (χ2n) is 4.91. The first-order valence-corrected chi connectivity index (χ1v) is 7.71. The van der Waals surface area contributed by atoms with E-state index in [1.165, 1.54) is 11.3 Å². The van der Waals surface area contributed by atoms with Crippen molar-refractivity contribution in [1.29, 1.82) is 0 Å². The van der Waals surface area contributed by atoms with E-state index in [0.29, 0.717) is 30.7 Å². The molecule has 1 aliphatic rings. The Balaban J connectivity index is 2.13. The van der Waals surface area contributed by atoms with Crippen molar-refractivity contribution in [3.63, 3.8) is 0 Å². The van der Waals surface area contributed by atoms with Gasteiger partial charge in [0.05, 0.1) is 15.9 Å². The van der Waals surface area contributed by atoms with Gasteiger partial charge in [0.25, 0.3) is 0 Å². The van der Waals surface area contributed by atoms with Crippen molar-refractivity contribution in [2.45, 2.75) is 31.3 Å². The molecule has 0 spiro atoms. The molecule has 106 valence electrons. The zero-order valence-electron chi connectivity index (χ0n) is 10.2. The van der Waals surface area contributed by atoms with Crippen molar-refractivity contribution in [2.24, 2.45) is 11.8 Å². The average Bonchev–Trinajstić information content (AvgIpc) is 2.85. The number of carbonyl (C=O) groups is 1. The molecule has 0 aromatic carbocycles. The van der Waals surface area contributed by atoms with Crippen LogP contribution >= 0.6 is 27.3 Å². The zero-order chi connectivity index (χ0) is 14.0. The maximum Gasteiger partial charge on any atom is 0.306 e. The molecule has 4 nitrogen and oxygen atoms in total. The number of aliphatic hydroxyl groups is 1. The molecule has 19 heavy (non-hydrogen) atoms. The molecule has 1 saturated carbocycles. The van der Waals surface area contributed by atoms with Gasteiger partial charge in [0.1, 0.15) is 17.3 Å². The van der Waals surface area contributed by atoms with Crippen LogP contribution in [0, 0.1) is 11.8 Å². The monoisotopic (exact) mass is 351 g/mol. The molecule has 0 unspecified atom stereocenters. The average molecular weight is 352 g/mol. The number of rotatable bonds is 4. The lowest BCUT2D eigenvalue weighted by Crippen LogP contribution is -2.40. The molecule has 1 atom stereocenters. The minimum atomic E-state index is -1.58. The second kappa shape index (κ2) is 5.85. The number of nitrogens with zero attached hydrogens (tertiary/aromatic N) is 1. The summed E-state index contributed by atoms with van der Waals surface area (Å²) >= 11 is 4.47. The summed E-state index contributed by atoms with van der Waals surface area (Å²) in [7, 11) is 0. The van der Waals surface area contributed by atoms with Gasteiger partial charge in [0.2, 0.25) is 0 Å². The van der Waals surface area contributed by atoms with Crippen LogP contribution in [-0.2, 0) is 10.4 Å². The van der Waals surface area contributed by atoms with Crippen LogP contribution < -0.4 is 0 Å². The Kier molecular flexibility index (Phi) is 4.58. The number of aromatic nitrogens is 1. The van der Waals surface area contributed by atoms with Crippen LogP contribution in [0.5, 0.6) is 0 Å². The van der Waals surface area contributed by atoms with Crippen molar-refractivity contribution in [3.05, 3.63) is 15.0 Å². The van der Waals surface area contributed by atoms with Crippen molar-refractivity contribution >= 4 is 33.2 Å². The third-order valence-corrected chi connectivity index (χ3v) is 5.45. The summed E-state index contributed by atoms with van der Waals surface area (Å²) in [5, 5.41) is 19.9. The number of thiazole rings is 1. The number of carboxylic acid groups (broad SMARTS) is 1. The topological polar surface area (TPSA) is 70.4 Å². The van der Waals surface area contributed by atoms with Crippen LogP contribution in [0.2, 0.25) is 0 Å². The number of hydrogen-bond donors (Lipinski definition) is 2. The van der Waals surface area contributed by atoms with E-state index in [2.05, 4.69) is 20.9 Å². The Labute approximate surface area is 122 Å². The summed E-state index contributed by atoms with van der Waals surface area (Å²) < 4.78 is 14.1. The SMILES string of the molecule is O=C(O)C1CCC([C@](O)(CF)c2ncc(Br)s2)CC1. The number of aliphatic carboxylic acids is 1. The van der Waals surface area contributed by atoms with Crippen LogP contribution in [0.1, 0.15) is 30.7 Å². The Hall–Kier alpha value is -0.530. The van der Waals surface area contributed by atoms with E-state index < -0.39 is 18.2 Å². The Morgan fingerprint density at radius 2 is 2.16 bits per heavy atom. The molecular weight excluding hydrogens is 337 g/mol. The first kappa shape index (κ1) is 14.9. The normalized spacial score (nSPS) is 26.9. The van der Waals surface area contributed by atoms with Crippen LogP contribution in [-0.4, -0.2) is 27.8 Å². The van der Waals surface area contributed by atoms with Crippen molar-refractivity contribution < 1.29 is 19.4 Å². The summed E-state index contributed by atoms with van der Waals surface area (Å²) in [5.41, 5.74) is -1.58. The van der Waals surface area contributed by atoms with Gasteiger partial charge in [0, 0.05) is 0 Å². The van der Waals surface area contributed by atoms with E-state index in [1.807, 2.05) is 0 Å². The molecule has 1 heterocycles. The van der Waals surface area contributed by atoms with E-state index >= 15 is 0 Å². The molecule has 0 radical (unpaired) electrons. The van der Waals surface area contributed by atoms with Crippen molar-refractivity contribution in [2.75, 3.05) is 6.67 Å². The van der Waals surface area contributed by atoms with Crippen LogP contribution in [0.3, 0.4) is 0 Å². The number of hydrogen-bond acceptors (Lipinski definition) is 4. The molecule has 0 aliphatic heterocycles. The first-order valence-electron chi connectivity index (χ1n) is 6.10. The lowest BCUT2D eigenvalue weighted by molar-refractivity contribution is -0.144. The van der Waals surface area contributed by atoms with Gasteiger partial charge in [-0.25, -0.2) is 9.37 Å². The highest BCUT2D eigenvalue weighted by molar-refractivity contribution is 9.11. The maximum atomic E-state index is 13.4. The zero-order valence-corrected chi connectivity index (χ0v) is 12.6. The van der Waals surface area contributed by atoms with Crippen molar-refractivity contribution in [1.82, 2.24) is 4.98 Å². The smallest absolute Gasteiger partial charge is 0.306 e. The fraction of sp³-hybridized carbons (Fsp3) is 0.667. The van der Waals surface area contributed by atoms with Crippen LogP contribution in [0.15, 0.2) is 9.98 Å². The highest BCUT2D eigenvalue weighted by atomic mass is 79.9. The van der Waals surface area contributed by atoms with Gasteiger partial charge in [-0.15, -0.1) is 11.3 Å². The highest BCUT2D eigenvalue weighted by Crippen LogP contribution is 2.43. The second-order valence-corrected chi connectivity index (χ2v) is 7.32. The van der Waals surface area contributed by atoms with Crippen LogP contribution in [0.25, 0.3) is 0 Å². The Bertz CT molecular complexity index is 462. The number of halogens is 2. The fourth-order valence-electron chi connectivity index (χ4n) is 2.61. The molecule has 0 bridgehead atoms. The van der Waals surface area contributed by atoms with Crippen molar-refractivity contribution in [3.8, 4) is 0 Å². The van der Waals surface area contributed by atoms with E-state index in [4.69, 9.17) is 5.11 Å².